The number of rotatable bonds is 20. The fraction of sp³-hybridized carbons (Fsp3) is 0.870. The van der Waals surface area contributed by atoms with E-state index in [-0.39, 0.29) is 18.8 Å². The van der Waals surface area contributed by atoms with E-state index in [0.29, 0.717) is 17.4 Å². The first-order chi connectivity index (χ1) is 14.1. The van der Waals surface area contributed by atoms with E-state index in [9.17, 15) is 24.6 Å². The number of likely N-dealkylation sites (N-methyl/N-ethyl adjacent to an activating group) is 1. The molecule has 0 saturated carbocycles. The average molecular weight is 429 g/mol. The Morgan fingerprint density at radius 1 is 0.667 bits per heavy atom. The van der Waals surface area contributed by atoms with Crippen LogP contribution in [0.2, 0.25) is 0 Å². The van der Waals surface area contributed by atoms with Gasteiger partial charge in [0.1, 0.15) is 6.54 Å². The van der Waals surface area contributed by atoms with Gasteiger partial charge in [0.25, 0.3) is 0 Å². The number of hydrogen-bond donors (Lipinski definition) is 0. The molecule has 0 radical (unpaired) electrons. The molecule has 0 aliphatic carbocycles. The summed E-state index contributed by atoms with van der Waals surface area (Å²) in [5.74, 6) is -2.47. The molecule has 0 heterocycles. The van der Waals surface area contributed by atoms with Gasteiger partial charge in [0.05, 0.1) is 21.1 Å². The SMILES string of the molecule is C[N+](C)(C)C[C@@H](CC(=O)[O-])OC(=O)CCCCCCCCCCCCCCC(=O)[O-]. The van der Waals surface area contributed by atoms with Gasteiger partial charge < -0.3 is 29.0 Å². The van der Waals surface area contributed by atoms with Crippen LogP contribution in [0.15, 0.2) is 0 Å². The largest absolute Gasteiger partial charge is 0.550 e. The minimum atomic E-state index is -1.20. The molecule has 0 aliphatic rings. The van der Waals surface area contributed by atoms with Crippen LogP contribution >= 0.6 is 0 Å². The number of ether oxygens (including phenoxy) is 1. The van der Waals surface area contributed by atoms with Crippen molar-refractivity contribution in [3.05, 3.63) is 0 Å². The van der Waals surface area contributed by atoms with Gasteiger partial charge in [-0.05, 0) is 19.3 Å². The second-order valence-corrected chi connectivity index (χ2v) is 9.28. The Morgan fingerprint density at radius 2 is 1.07 bits per heavy atom. The maximum Gasteiger partial charge on any atom is 0.306 e. The monoisotopic (exact) mass is 428 g/mol. The van der Waals surface area contributed by atoms with Crippen LogP contribution in [0.25, 0.3) is 0 Å². The van der Waals surface area contributed by atoms with Gasteiger partial charge >= 0.3 is 5.97 Å². The molecule has 0 fully saturated rings. The van der Waals surface area contributed by atoms with E-state index in [4.69, 9.17) is 4.74 Å². The van der Waals surface area contributed by atoms with Crippen molar-refractivity contribution in [2.45, 2.75) is 102 Å². The summed E-state index contributed by atoms with van der Waals surface area (Å²) in [4.78, 5) is 33.1. The second-order valence-electron chi connectivity index (χ2n) is 9.28. The van der Waals surface area contributed by atoms with Gasteiger partial charge in [-0.1, -0.05) is 64.2 Å². The lowest BCUT2D eigenvalue weighted by Gasteiger charge is -2.29. The number of carboxylic acids is 2. The van der Waals surface area contributed by atoms with E-state index in [0.717, 1.165) is 44.9 Å². The topological polar surface area (TPSA) is 107 Å². The first kappa shape index (κ1) is 28.4. The van der Waals surface area contributed by atoms with Crippen molar-refractivity contribution >= 4 is 17.9 Å². The minimum absolute atomic E-state index is 0.175. The van der Waals surface area contributed by atoms with Crippen molar-refractivity contribution < 1.29 is 33.8 Å². The van der Waals surface area contributed by atoms with E-state index in [2.05, 4.69) is 0 Å². The third-order valence-electron chi connectivity index (χ3n) is 4.96. The summed E-state index contributed by atoms with van der Waals surface area (Å²) in [5, 5.41) is 21.2. The maximum absolute atomic E-state index is 12.0. The Hall–Kier alpha value is -1.63. The van der Waals surface area contributed by atoms with Gasteiger partial charge in [-0.2, -0.15) is 0 Å². The molecule has 0 aromatic carbocycles. The van der Waals surface area contributed by atoms with Crippen LogP contribution in [0, 0.1) is 0 Å². The molecule has 0 saturated heterocycles. The zero-order valence-electron chi connectivity index (χ0n) is 19.3. The summed E-state index contributed by atoms with van der Waals surface area (Å²) in [6.07, 6.45) is 12.4. The van der Waals surface area contributed by atoms with Crippen LogP contribution < -0.4 is 10.2 Å². The lowest BCUT2D eigenvalue weighted by Crippen LogP contribution is -2.45. The molecule has 176 valence electrons. The molecule has 0 bridgehead atoms. The van der Waals surface area contributed by atoms with Gasteiger partial charge in [0.2, 0.25) is 0 Å². The average Bonchev–Trinajstić information content (AvgIpc) is 2.59. The molecular formula is C23H42NO6-. The fourth-order valence-corrected chi connectivity index (χ4v) is 3.49. The van der Waals surface area contributed by atoms with E-state index >= 15 is 0 Å². The highest BCUT2D eigenvalue weighted by atomic mass is 16.5. The molecule has 0 aromatic rings. The van der Waals surface area contributed by atoms with Crippen molar-refractivity contribution in [1.82, 2.24) is 0 Å². The molecule has 0 rings (SSSR count). The number of quaternary nitrogens is 1. The number of aliphatic carboxylic acids is 2. The first-order valence-corrected chi connectivity index (χ1v) is 11.5. The fourth-order valence-electron chi connectivity index (χ4n) is 3.49. The maximum atomic E-state index is 12.0. The Labute approximate surface area is 182 Å². The van der Waals surface area contributed by atoms with Crippen LogP contribution in [0.5, 0.6) is 0 Å². The molecule has 7 nitrogen and oxygen atoms in total. The van der Waals surface area contributed by atoms with Crippen molar-refractivity contribution in [3.8, 4) is 0 Å². The molecule has 0 aliphatic heterocycles. The normalized spacial score (nSPS) is 12.5. The van der Waals surface area contributed by atoms with E-state index < -0.39 is 18.0 Å². The third kappa shape index (κ3) is 21.1. The summed E-state index contributed by atoms with van der Waals surface area (Å²) in [5.41, 5.74) is 0. The van der Waals surface area contributed by atoms with Crippen LogP contribution in [-0.4, -0.2) is 56.2 Å². The first-order valence-electron chi connectivity index (χ1n) is 11.5. The number of carboxylic acid groups (broad SMARTS) is 2. The van der Waals surface area contributed by atoms with Crippen LogP contribution in [0.4, 0.5) is 0 Å². The Bertz CT molecular complexity index is 487. The van der Waals surface area contributed by atoms with E-state index in [1.165, 1.54) is 32.1 Å². The Kier molecular flexibility index (Phi) is 16.2. The van der Waals surface area contributed by atoms with Crippen LogP contribution in [0.1, 0.15) is 96.3 Å². The summed E-state index contributed by atoms with van der Waals surface area (Å²) in [7, 11) is 5.78. The van der Waals surface area contributed by atoms with Gasteiger partial charge in [-0.3, -0.25) is 4.79 Å². The van der Waals surface area contributed by atoms with Gasteiger partial charge in [0.15, 0.2) is 6.10 Å². The van der Waals surface area contributed by atoms with Crippen LogP contribution in [0.3, 0.4) is 0 Å². The predicted molar refractivity (Wildman–Crippen MR) is 112 cm³/mol. The van der Waals surface area contributed by atoms with E-state index in [1.54, 1.807) is 0 Å². The summed E-state index contributed by atoms with van der Waals surface area (Å²) in [6.45, 7) is 0.444. The smallest absolute Gasteiger partial charge is 0.306 e. The number of unbranched alkanes of at least 4 members (excludes halogenated alkanes) is 11. The zero-order valence-corrected chi connectivity index (χ0v) is 19.3. The molecule has 30 heavy (non-hydrogen) atoms. The predicted octanol–water partition coefficient (Wildman–Crippen LogP) is 1.96. The minimum Gasteiger partial charge on any atom is -0.550 e. The number of carbonyl (C=O) groups is 3. The molecule has 0 N–H and O–H groups in total. The number of hydrogen-bond acceptors (Lipinski definition) is 6. The van der Waals surface area contributed by atoms with E-state index in [1.807, 2.05) is 21.1 Å². The van der Waals surface area contributed by atoms with Gasteiger partial charge in [-0.15, -0.1) is 0 Å². The molecular weight excluding hydrogens is 386 g/mol. The van der Waals surface area contributed by atoms with Crippen molar-refractivity contribution in [2.24, 2.45) is 0 Å². The lowest BCUT2D eigenvalue weighted by atomic mass is 10.0. The Morgan fingerprint density at radius 3 is 1.43 bits per heavy atom. The van der Waals surface area contributed by atoms with Gasteiger partial charge in [0, 0.05) is 24.8 Å². The quantitative estimate of drug-likeness (QED) is 0.167. The number of nitrogens with zero attached hydrogens (tertiary/aromatic N) is 1. The Balaban J connectivity index is 3.59. The number of carbonyl (C=O) groups excluding carboxylic acids is 3. The molecule has 0 spiro atoms. The summed E-state index contributed by atoms with van der Waals surface area (Å²) in [6, 6.07) is 0. The number of esters is 1. The molecule has 0 unspecified atom stereocenters. The van der Waals surface area contributed by atoms with Gasteiger partial charge in [-0.25, -0.2) is 0 Å². The second kappa shape index (κ2) is 17.1. The summed E-state index contributed by atoms with van der Waals surface area (Å²) >= 11 is 0. The van der Waals surface area contributed by atoms with Crippen LogP contribution in [-0.2, 0) is 19.1 Å². The lowest BCUT2D eigenvalue weighted by molar-refractivity contribution is -0.873. The molecule has 1 atom stereocenters. The molecule has 0 amide bonds. The zero-order chi connectivity index (χ0) is 22.8. The highest BCUT2D eigenvalue weighted by Crippen LogP contribution is 2.14. The molecule has 7 heteroatoms. The third-order valence-corrected chi connectivity index (χ3v) is 4.96. The highest BCUT2D eigenvalue weighted by molar-refractivity contribution is 5.70. The highest BCUT2D eigenvalue weighted by Gasteiger charge is 2.22. The van der Waals surface area contributed by atoms with Crippen molar-refractivity contribution in [1.29, 1.82) is 0 Å². The summed E-state index contributed by atoms with van der Waals surface area (Å²) < 4.78 is 5.87. The van der Waals surface area contributed by atoms with Crippen molar-refractivity contribution in [3.63, 3.8) is 0 Å². The van der Waals surface area contributed by atoms with Crippen molar-refractivity contribution in [2.75, 3.05) is 27.7 Å². The molecule has 0 aromatic heterocycles. The standard InChI is InChI=1S/C23H43NO6/c1-24(2,3)19-20(18-22(27)28)30-23(29)17-15-13-11-9-7-5-4-6-8-10-12-14-16-21(25)26/h20H,4-19H2,1-3H3,(H-,25,26,27,28)/p-1/t20-/m1/s1.